The molecule has 3 rings (SSSR count). The molecular weight excluding hydrogens is 290 g/mol. The van der Waals surface area contributed by atoms with Gasteiger partial charge in [-0.05, 0) is 49.9 Å². The molecule has 0 amide bonds. The largest absolute Gasteiger partial charge is 0.462 e. The van der Waals surface area contributed by atoms with Gasteiger partial charge in [-0.3, -0.25) is 4.79 Å². The molecule has 0 bridgehead atoms. The summed E-state index contributed by atoms with van der Waals surface area (Å²) in [5.41, 5.74) is 1.66. The van der Waals surface area contributed by atoms with E-state index in [0.717, 1.165) is 32.2 Å². The molecule has 3 aliphatic rings. The molecule has 3 fully saturated rings. The second kappa shape index (κ2) is 6.56. The number of fused-ring (bicyclic) bond motifs is 2. The molecule has 4 heteroatoms. The first-order valence-corrected chi connectivity index (χ1v) is 9.31. The molecule has 0 aromatic carbocycles. The summed E-state index contributed by atoms with van der Waals surface area (Å²) >= 11 is 0. The number of carbonyl (C=O) groups is 1. The highest BCUT2D eigenvalue weighted by Gasteiger charge is 2.55. The number of quaternary nitrogens is 1. The average molecular weight is 322 g/mol. The number of aliphatic hydroxyl groups is 1. The highest BCUT2D eigenvalue weighted by Crippen LogP contribution is 2.56. The predicted molar refractivity (Wildman–Crippen MR) is 88.6 cm³/mol. The number of allylic oxidation sites excluding steroid dienone is 1. The molecule has 2 aliphatic carbocycles. The molecule has 0 aromatic heterocycles. The molecule has 0 unspecified atom stereocenters. The van der Waals surface area contributed by atoms with Gasteiger partial charge in [0.1, 0.15) is 18.1 Å². The predicted octanol–water partition coefficient (Wildman–Crippen LogP) is 1.63. The van der Waals surface area contributed by atoms with Crippen LogP contribution in [0.15, 0.2) is 12.2 Å². The minimum Gasteiger partial charge on any atom is -0.462 e. The molecule has 6 atom stereocenters. The topological polar surface area (TPSA) is 63.1 Å². The number of rotatable bonds is 5. The zero-order valence-corrected chi connectivity index (χ0v) is 14.6. The van der Waals surface area contributed by atoms with Crippen molar-refractivity contribution in [2.45, 2.75) is 64.5 Å². The Hall–Kier alpha value is -0.870. The van der Waals surface area contributed by atoms with E-state index in [1.165, 1.54) is 18.4 Å². The Kier molecular flexibility index (Phi) is 4.84. The van der Waals surface area contributed by atoms with E-state index in [-0.39, 0.29) is 36.1 Å². The highest BCUT2D eigenvalue weighted by atomic mass is 16.6. The van der Waals surface area contributed by atoms with E-state index in [0.29, 0.717) is 11.8 Å². The summed E-state index contributed by atoms with van der Waals surface area (Å²) < 4.78 is 5.78. The van der Waals surface area contributed by atoms with Gasteiger partial charge >= 0.3 is 5.97 Å². The number of nitrogens with two attached hydrogens (primary N) is 1. The summed E-state index contributed by atoms with van der Waals surface area (Å²) in [6.45, 7) is 9.69. The SMILES string of the molecule is C=C1CCC[C@]2(C)C[C@H]3OC(=O)[C@H](C[NH2+][C@H](CC)CO)[C@H]3C[C@@H]12. The van der Waals surface area contributed by atoms with Gasteiger partial charge in [0.25, 0.3) is 0 Å². The molecule has 0 aromatic rings. The molecule has 3 N–H and O–H groups in total. The van der Waals surface area contributed by atoms with Gasteiger partial charge in [-0.1, -0.05) is 26.0 Å². The van der Waals surface area contributed by atoms with Crippen molar-refractivity contribution in [1.29, 1.82) is 0 Å². The first-order chi connectivity index (χ1) is 11.0. The molecule has 23 heavy (non-hydrogen) atoms. The van der Waals surface area contributed by atoms with Crippen molar-refractivity contribution >= 4 is 5.97 Å². The zero-order chi connectivity index (χ0) is 16.6. The van der Waals surface area contributed by atoms with E-state index in [1.54, 1.807) is 0 Å². The van der Waals surface area contributed by atoms with E-state index in [9.17, 15) is 9.90 Å². The summed E-state index contributed by atoms with van der Waals surface area (Å²) in [5.74, 6) is 0.856. The molecule has 4 nitrogen and oxygen atoms in total. The van der Waals surface area contributed by atoms with Gasteiger partial charge in [0.2, 0.25) is 0 Å². The van der Waals surface area contributed by atoms with Crippen LogP contribution in [0.2, 0.25) is 0 Å². The number of esters is 1. The molecular formula is C19H32NO3+. The molecule has 130 valence electrons. The van der Waals surface area contributed by atoms with E-state index in [2.05, 4.69) is 25.7 Å². The van der Waals surface area contributed by atoms with Gasteiger partial charge in [0, 0.05) is 5.92 Å². The van der Waals surface area contributed by atoms with Crippen LogP contribution in [0.4, 0.5) is 0 Å². The number of hydrogen-bond donors (Lipinski definition) is 2. The Bertz CT molecular complexity index is 473. The smallest absolute Gasteiger partial charge is 0.315 e. The normalized spacial score (nSPS) is 41.2. The monoisotopic (exact) mass is 322 g/mol. The number of carbonyl (C=O) groups excluding carboxylic acids is 1. The maximum absolute atomic E-state index is 12.4. The van der Waals surface area contributed by atoms with Crippen molar-refractivity contribution in [1.82, 2.24) is 0 Å². The quantitative estimate of drug-likeness (QED) is 0.597. The van der Waals surface area contributed by atoms with Gasteiger partial charge in [-0.2, -0.15) is 0 Å². The lowest BCUT2D eigenvalue weighted by molar-refractivity contribution is -0.695. The number of ether oxygens (including phenoxy) is 1. The number of aliphatic hydroxyl groups excluding tert-OH is 1. The molecule has 1 heterocycles. The maximum atomic E-state index is 12.4. The Labute approximate surface area is 139 Å². The van der Waals surface area contributed by atoms with Gasteiger partial charge in [0.05, 0.1) is 13.2 Å². The third-order valence-corrected chi connectivity index (χ3v) is 6.80. The first-order valence-electron chi connectivity index (χ1n) is 9.31. The van der Waals surface area contributed by atoms with Crippen LogP contribution in [0.25, 0.3) is 0 Å². The molecule has 0 spiro atoms. The summed E-state index contributed by atoms with van der Waals surface area (Å²) in [5, 5.41) is 11.5. The Morgan fingerprint density at radius 3 is 3.00 bits per heavy atom. The summed E-state index contributed by atoms with van der Waals surface area (Å²) in [6, 6.07) is 0.195. The minimum absolute atomic E-state index is 0.0140. The second-order valence-electron chi connectivity index (χ2n) is 8.23. The third-order valence-electron chi connectivity index (χ3n) is 6.80. The van der Waals surface area contributed by atoms with Crippen molar-refractivity contribution in [3.05, 3.63) is 12.2 Å². The third kappa shape index (κ3) is 3.08. The van der Waals surface area contributed by atoms with Gasteiger partial charge < -0.3 is 15.2 Å². The fourth-order valence-corrected chi connectivity index (χ4v) is 5.24. The molecule has 1 saturated heterocycles. The standard InChI is InChI=1S/C19H31NO3/c1-4-13(11-21)20-10-15-14-8-16-12(2)6-5-7-19(16,3)9-17(14)23-18(15)22/h13-17,20-21H,2,4-11H2,1,3H3/p+1/t13-,14-,15-,16+,17-,19-/m1/s1. The summed E-state index contributed by atoms with van der Waals surface area (Å²) in [6.07, 6.45) is 6.68. The van der Waals surface area contributed by atoms with E-state index >= 15 is 0 Å². The van der Waals surface area contributed by atoms with Crippen molar-refractivity contribution in [2.24, 2.45) is 23.2 Å². The second-order valence-corrected chi connectivity index (χ2v) is 8.23. The van der Waals surface area contributed by atoms with Crippen molar-refractivity contribution in [3.8, 4) is 0 Å². The van der Waals surface area contributed by atoms with Crippen LogP contribution in [0, 0.1) is 23.2 Å². The van der Waals surface area contributed by atoms with Crippen LogP contribution < -0.4 is 5.32 Å². The lowest BCUT2D eigenvalue weighted by atomic mass is 9.55. The van der Waals surface area contributed by atoms with Crippen molar-refractivity contribution in [3.63, 3.8) is 0 Å². The van der Waals surface area contributed by atoms with E-state index in [1.807, 2.05) is 0 Å². The molecule has 1 aliphatic heterocycles. The van der Waals surface area contributed by atoms with Crippen LogP contribution in [0.5, 0.6) is 0 Å². The summed E-state index contributed by atoms with van der Waals surface area (Å²) in [7, 11) is 0. The fourth-order valence-electron chi connectivity index (χ4n) is 5.24. The van der Waals surface area contributed by atoms with Gasteiger partial charge in [-0.25, -0.2) is 0 Å². The zero-order valence-electron chi connectivity index (χ0n) is 14.6. The first kappa shape index (κ1) is 17.0. The molecule has 0 radical (unpaired) electrons. The average Bonchev–Trinajstić information content (AvgIpc) is 2.81. The van der Waals surface area contributed by atoms with Crippen molar-refractivity contribution in [2.75, 3.05) is 13.2 Å². The van der Waals surface area contributed by atoms with E-state index < -0.39 is 0 Å². The number of hydrogen-bond acceptors (Lipinski definition) is 3. The van der Waals surface area contributed by atoms with Crippen LogP contribution in [0.1, 0.15) is 52.4 Å². The van der Waals surface area contributed by atoms with Crippen LogP contribution in [-0.4, -0.2) is 36.4 Å². The van der Waals surface area contributed by atoms with Crippen molar-refractivity contribution < 1.29 is 20.0 Å². The highest BCUT2D eigenvalue weighted by molar-refractivity contribution is 5.75. The fraction of sp³-hybridized carbons (Fsp3) is 0.842. The van der Waals surface area contributed by atoms with Gasteiger partial charge in [-0.15, -0.1) is 0 Å². The minimum atomic E-state index is -0.0168. The molecule has 2 saturated carbocycles. The van der Waals surface area contributed by atoms with E-state index in [4.69, 9.17) is 4.74 Å². The Morgan fingerprint density at radius 2 is 2.30 bits per heavy atom. The van der Waals surface area contributed by atoms with Crippen LogP contribution in [0.3, 0.4) is 0 Å². The summed E-state index contributed by atoms with van der Waals surface area (Å²) in [4.78, 5) is 12.4. The maximum Gasteiger partial charge on any atom is 0.315 e. The lowest BCUT2D eigenvalue weighted by Crippen LogP contribution is -2.92. The van der Waals surface area contributed by atoms with Gasteiger partial charge in [0.15, 0.2) is 0 Å². The Morgan fingerprint density at radius 1 is 1.52 bits per heavy atom. The Balaban J connectivity index is 1.71. The van der Waals surface area contributed by atoms with Crippen LogP contribution >= 0.6 is 0 Å². The van der Waals surface area contributed by atoms with Crippen LogP contribution in [-0.2, 0) is 9.53 Å². The lowest BCUT2D eigenvalue weighted by Gasteiger charge is -2.49.